The lowest BCUT2D eigenvalue weighted by Crippen LogP contribution is -2.48. The van der Waals surface area contributed by atoms with Crippen molar-refractivity contribution in [2.75, 3.05) is 27.4 Å². The van der Waals surface area contributed by atoms with Gasteiger partial charge in [0.2, 0.25) is 0 Å². The van der Waals surface area contributed by atoms with Gasteiger partial charge in [0.15, 0.2) is 0 Å². The van der Waals surface area contributed by atoms with Gasteiger partial charge in [-0.2, -0.15) is 0 Å². The van der Waals surface area contributed by atoms with Crippen LogP contribution < -0.4 is 10.1 Å². The number of halogens is 1. The van der Waals surface area contributed by atoms with Crippen LogP contribution in [0.4, 0.5) is 0 Å². The van der Waals surface area contributed by atoms with E-state index in [4.69, 9.17) is 30.5 Å². The number of carbonyl (C=O) groups excluding carboxylic acids is 2. The molecule has 0 radical (unpaired) electrons. The zero-order chi connectivity index (χ0) is 22.4. The van der Waals surface area contributed by atoms with E-state index in [1.54, 1.807) is 39.0 Å². The van der Waals surface area contributed by atoms with Gasteiger partial charge in [-0.1, -0.05) is 23.7 Å². The third-order valence-electron chi connectivity index (χ3n) is 4.97. The lowest BCUT2D eigenvalue weighted by molar-refractivity contribution is -0.152. The molecule has 3 unspecified atom stereocenters. The average Bonchev–Trinajstić information content (AvgIpc) is 2.67. The van der Waals surface area contributed by atoms with E-state index in [0.717, 1.165) is 0 Å². The summed E-state index contributed by atoms with van der Waals surface area (Å²) >= 11 is 6.62. The van der Waals surface area contributed by atoms with E-state index in [1.165, 1.54) is 14.2 Å². The normalized spacial score (nSPS) is 21.3. The molecule has 1 heterocycles. The highest BCUT2D eigenvalue weighted by atomic mass is 35.5. The Morgan fingerprint density at radius 1 is 1.20 bits per heavy atom. The Labute approximate surface area is 182 Å². The Morgan fingerprint density at radius 2 is 1.90 bits per heavy atom. The number of ether oxygens (including phenoxy) is 4. The van der Waals surface area contributed by atoms with Crippen molar-refractivity contribution in [1.82, 2.24) is 5.32 Å². The number of hydrogen-bond acceptors (Lipinski definition) is 7. The first-order chi connectivity index (χ1) is 14.2. The standard InChI is InChI=1S/C22H30ClNO6/c1-12(2)30-22(26)18-14(4)24-13(3)17(21(25)29-11-10-27-5)19(18)15-8-7-9-16(28-6)20(15)23/h7-9,12-13,17,19,24H,10-11H2,1-6H3. The van der Waals surface area contributed by atoms with Gasteiger partial charge < -0.3 is 24.3 Å². The molecule has 0 fully saturated rings. The molecule has 0 saturated carbocycles. The fourth-order valence-corrected chi connectivity index (χ4v) is 4.03. The summed E-state index contributed by atoms with van der Waals surface area (Å²) in [4.78, 5) is 26.1. The molecule has 8 heteroatoms. The maximum Gasteiger partial charge on any atom is 0.336 e. The van der Waals surface area contributed by atoms with Crippen LogP contribution in [0.5, 0.6) is 5.75 Å². The molecule has 3 atom stereocenters. The summed E-state index contributed by atoms with van der Waals surface area (Å²) in [6.07, 6.45) is -0.314. The molecule has 30 heavy (non-hydrogen) atoms. The quantitative estimate of drug-likeness (QED) is 0.490. The number of nitrogens with one attached hydrogen (secondary N) is 1. The summed E-state index contributed by atoms with van der Waals surface area (Å²) < 4.78 is 21.2. The predicted octanol–water partition coefficient (Wildman–Crippen LogP) is 3.46. The maximum absolute atomic E-state index is 13.1. The van der Waals surface area contributed by atoms with Crippen molar-refractivity contribution in [3.05, 3.63) is 40.1 Å². The van der Waals surface area contributed by atoms with Crippen LogP contribution in [0, 0.1) is 5.92 Å². The van der Waals surface area contributed by atoms with Crippen LogP contribution in [-0.2, 0) is 23.8 Å². The van der Waals surface area contributed by atoms with E-state index in [1.807, 2.05) is 6.92 Å². The van der Waals surface area contributed by atoms with Crippen LogP contribution in [0.25, 0.3) is 0 Å². The molecule has 0 spiro atoms. The van der Waals surface area contributed by atoms with Gasteiger partial charge in [-0.15, -0.1) is 0 Å². The smallest absolute Gasteiger partial charge is 0.336 e. The topological polar surface area (TPSA) is 83.1 Å². The summed E-state index contributed by atoms with van der Waals surface area (Å²) in [6.45, 7) is 7.61. The highest BCUT2D eigenvalue weighted by Crippen LogP contribution is 2.45. The first kappa shape index (κ1) is 24.0. The minimum atomic E-state index is -0.704. The monoisotopic (exact) mass is 439 g/mol. The zero-order valence-electron chi connectivity index (χ0n) is 18.3. The molecule has 1 aromatic carbocycles. The molecule has 0 saturated heterocycles. The lowest BCUT2D eigenvalue weighted by Gasteiger charge is -2.38. The summed E-state index contributed by atoms with van der Waals surface area (Å²) in [6, 6.07) is 4.99. The summed E-state index contributed by atoms with van der Waals surface area (Å²) in [5.41, 5.74) is 1.59. The number of esters is 2. The van der Waals surface area contributed by atoms with Gasteiger partial charge in [0, 0.05) is 24.8 Å². The maximum atomic E-state index is 13.1. The largest absolute Gasteiger partial charge is 0.495 e. The molecule has 7 nitrogen and oxygen atoms in total. The highest BCUT2D eigenvalue weighted by Gasteiger charge is 2.45. The van der Waals surface area contributed by atoms with Crippen molar-refractivity contribution >= 4 is 23.5 Å². The van der Waals surface area contributed by atoms with Crippen molar-refractivity contribution in [3.63, 3.8) is 0 Å². The number of benzene rings is 1. The predicted molar refractivity (Wildman–Crippen MR) is 114 cm³/mol. The fourth-order valence-electron chi connectivity index (χ4n) is 3.70. The van der Waals surface area contributed by atoms with Gasteiger partial charge in [0.25, 0.3) is 0 Å². The van der Waals surface area contributed by atoms with Crippen molar-refractivity contribution in [2.24, 2.45) is 5.92 Å². The third-order valence-corrected chi connectivity index (χ3v) is 5.38. The number of carbonyl (C=O) groups is 2. The number of methoxy groups -OCH3 is 2. The Morgan fingerprint density at radius 3 is 2.50 bits per heavy atom. The summed E-state index contributed by atoms with van der Waals surface area (Å²) in [5.74, 6) is -1.85. The van der Waals surface area contributed by atoms with Crippen molar-refractivity contribution in [3.8, 4) is 5.75 Å². The first-order valence-electron chi connectivity index (χ1n) is 9.89. The molecule has 1 N–H and O–H groups in total. The van der Waals surface area contributed by atoms with E-state index in [-0.39, 0.29) is 25.4 Å². The number of rotatable bonds is 8. The van der Waals surface area contributed by atoms with E-state index in [9.17, 15) is 9.59 Å². The second-order valence-electron chi connectivity index (χ2n) is 7.45. The molecule has 2 rings (SSSR count). The Bertz CT molecular complexity index is 807. The zero-order valence-corrected chi connectivity index (χ0v) is 19.0. The molecular formula is C22H30ClNO6. The molecule has 166 valence electrons. The first-order valence-corrected chi connectivity index (χ1v) is 10.3. The molecule has 1 aromatic rings. The van der Waals surface area contributed by atoms with Gasteiger partial charge in [-0.3, -0.25) is 4.79 Å². The van der Waals surface area contributed by atoms with Crippen LogP contribution in [0.15, 0.2) is 29.5 Å². The van der Waals surface area contributed by atoms with Crippen molar-refractivity contribution < 1.29 is 28.5 Å². The highest BCUT2D eigenvalue weighted by molar-refractivity contribution is 6.33. The summed E-state index contributed by atoms with van der Waals surface area (Å²) in [5, 5.41) is 3.57. The molecule has 0 aromatic heterocycles. The SMILES string of the molecule is COCCOC(=O)C1C(C)NC(C)=C(C(=O)OC(C)C)C1c1cccc(OC)c1Cl. The second-order valence-corrected chi connectivity index (χ2v) is 7.83. The summed E-state index contributed by atoms with van der Waals surface area (Å²) in [7, 11) is 3.05. The van der Waals surface area contributed by atoms with Crippen molar-refractivity contribution in [2.45, 2.75) is 45.8 Å². The molecular weight excluding hydrogens is 410 g/mol. The Balaban J connectivity index is 2.61. The molecule has 1 aliphatic heterocycles. The van der Waals surface area contributed by atoms with E-state index < -0.39 is 23.8 Å². The second kappa shape index (κ2) is 10.7. The van der Waals surface area contributed by atoms with Crippen LogP contribution in [0.1, 0.15) is 39.2 Å². The van der Waals surface area contributed by atoms with Gasteiger partial charge in [-0.25, -0.2) is 4.79 Å². The van der Waals surface area contributed by atoms with E-state index >= 15 is 0 Å². The fraction of sp³-hybridized carbons (Fsp3) is 0.545. The van der Waals surface area contributed by atoms with E-state index in [0.29, 0.717) is 27.6 Å². The number of hydrogen-bond donors (Lipinski definition) is 1. The van der Waals surface area contributed by atoms with Gasteiger partial charge in [0.05, 0.1) is 36.3 Å². The third kappa shape index (κ3) is 5.26. The Kier molecular flexibility index (Phi) is 8.55. The molecule has 1 aliphatic rings. The molecule has 0 bridgehead atoms. The van der Waals surface area contributed by atoms with Crippen molar-refractivity contribution in [1.29, 1.82) is 0 Å². The Hall–Kier alpha value is -2.25. The van der Waals surface area contributed by atoms with Gasteiger partial charge in [0.1, 0.15) is 12.4 Å². The van der Waals surface area contributed by atoms with Gasteiger partial charge in [-0.05, 0) is 39.3 Å². The minimum Gasteiger partial charge on any atom is -0.495 e. The van der Waals surface area contributed by atoms with Gasteiger partial charge >= 0.3 is 11.9 Å². The minimum absolute atomic E-state index is 0.117. The number of allylic oxidation sites excluding steroid dienone is 1. The molecule has 0 aliphatic carbocycles. The van der Waals surface area contributed by atoms with Crippen LogP contribution in [-0.4, -0.2) is 51.5 Å². The molecule has 0 amide bonds. The van der Waals surface area contributed by atoms with Crippen LogP contribution >= 0.6 is 11.6 Å². The van der Waals surface area contributed by atoms with Crippen LogP contribution in [0.3, 0.4) is 0 Å². The van der Waals surface area contributed by atoms with E-state index in [2.05, 4.69) is 5.32 Å². The lowest BCUT2D eigenvalue weighted by atomic mass is 9.73. The van der Waals surface area contributed by atoms with Crippen LogP contribution in [0.2, 0.25) is 5.02 Å². The average molecular weight is 440 g/mol.